The molecule has 0 spiro atoms. The molecule has 3 aromatic rings. The minimum atomic E-state index is -0.433. The van der Waals surface area contributed by atoms with Gasteiger partial charge < -0.3 is 14.5 Å². The molecule has 1 fully saturated rings. The van der Waals surface area contributed by atoms with Crippen molar-refractivity contribution in [3.05, 3.63) is 95.8 Å². The molecule has 1 aromatic heterocycles. The Morgan fingerprint density at radius 3 is 2.43 bits per heavy atom. The first kappa shape index (κ1) is 23.1. The number of benzene rings is 2. The summed E-state index contributed by atoms with van der Waals surface area (Å²) in [4.78, 5) is 34.5. The average Bonchev–Trinajstić information content (AvgIpc) is 3.36. The second kappa shape index (κ2) is 10.3. The van der Waals surface area contributed by atoms with E-state index < -0.39 is 6.10 Å². The topological polar surface area (TPSA) is 62.7 Å². The minimum absolute atomic E-state index is 0.0242. The second-order valence-corrected chi connectivity index (χ2v) is 9.47. The number of pyridine rings is 1. The molecule has 2 aliphatic heterocycles. The molecule has 2 aromatic carbocycles. The third-order valence-corrected chi connectivity index (χ3v) is 7.31. The van der Waals surface area contributed by atoms with Gasteiger partial charge >= 0.3 is 0 Å². The molecule has 5 rings (SSSR count). The molecule has 0 saturated carbocycles. The van der Waals surface area contributed by atoms with Gasteiger partial charge in [0.15, 0.2) is 6.10 Å². The van der Waals surface area contributed by atoms with Gasteiger partial charge in [-0.05, 0) is 54.5 Å². The van der Waals surface area contributed by atoms with E-state index in [1.807, 2.05) is 71.4 Å². The molecule has 2 aliphatic rings. The molecule has 0 radical (unpaired) electrons. The monoisotopic (exact) mass is 469 g/mol. The molecule has 1 saturated heterocycles. The van der Waals surface area contributed by atoms with Crippen molar-refractivity contribution in [3.8, 4) is 5.75 Å². The van der Waals surface area contributed by atoms with Gasteiger partial charge in [0.05, 0.1) is 0 Å². The predicted octanol–water partition coefficient (Wildman–Crippen LogP) is 4.01. The van der Waals surface area contributed by atoms with Gasteiger partial charge in [-0.3, -0.25) is 14.6 Å². The first-order chi connectivity index (χ1) is 17.1. The van der Waals surface area contributed by atoms with Gasteiger partial charge in [-0.15, -0.1) is 0 Å². The van der Waals surface area contributed by atoms with E-state index in [-0.39, 0.29) is 17.9 Å². The van der Waals surface area contributed by atoms with Crippen molar-refractivity contribution >= 4 is 11.8 Å². The zero-order valence-electron chi connectivity index (χ0n) is 20.0. The molecule has 0 N–H and O–H groups in total. The Morgan fingerprint density at radius 1 is 1.00 bits per heavy atom. The molecule has 2 amide bonds. The van der Waals surface area contributed by atoms with Crippen LogP contribution in [0.3, 0.4) is 0 Å². The molecule has 2 atom stereocenters. The van der Waals surface area contributed by atoms with E-state index in [9.17, 15) is 9.59 Å². The number of fused-ring (bicyclic) bond motifs is 1. The molecule has 180 valence electrons. The van der Waals surface area contributed by atoms with Crippen LogP contribution in [0, 0.1) is 5.92 Å². The third kappa shape index (κ3) is 5.06. The number of nitrogens with zero attached hydrogens (tertiary/aromatic N) is 3. The van der Waals surface area contributed by atoms with Gasteiger partial charge in [0.1, 0.15) is 11.4 Å². The molecular formula is C29H31N3O3. The minimum Gasteiger partial charge on any atom is -0.480 e. The molecule has 0 aliphatic carbocycles. The van der Waals surface area contributed by atoms with Gasteiger partial charge in [-0.1, -0.05) is 54.6 Å². The number of amides is 2. The fourth-order valence-corrected chi connectivity index (χ4v) is 5.32. The van der Waals surface area contributed by atoms with Crippen LogP contribution in [-0.4, -0.2) is 58.9 Å². The van der Waals surface area contributed by atoms with Crippen molar-refractivity contribution in [1.29, 1.82) is 0 Å². The highest BCUT2D eigenvalue weighted by molar-refractivity contribution is 5.92. The summed E-state index contributed by atoms with van der Waals surface area (Å²) in [6.07, 6.45) is 4.33. The summed E-state index contributed by atoms with van der Waals surface area (Å²) in [5.74, 6) is 1.11. The van der Waals surface area contributed by atoms with E-state index in [0.29, 0.717) is 31.1 Å². The van der Waals surface area contributed by atoms with E-state index in [2.05, 4.69) is 17.1 Å². The smallest absolute Gasteiger partial charge is 0.272 e. The maximum atomic E-state index is 13.3. The Labute approximate surface area is 206 Å². The lowest BCUT2D eigenvalue weighted by Crippen LogP contribution is -2.50. The first-order valence-electron chi connectivity index (χ1n) is 12.4. The number of para-hydroxylation sites is 1. The molecule has 3 heterocycles. The summed E-state index contributed by atoms with van der Waals surface area (Å²) in [5, 5.41) is 0. The summed E-state index contributed by atoms with van der Waals surface area (Å²) in [5.41, 5.74) is 2.76. The lowest BCUT2D eigenvalue weighted by atomic mass is 9.84. The van der Waals surface area contributed by atoms with Crippen molar-refractivity contribution in [2.75, 3.05) is 20.1 Å². The number of hydrogen-bond acceptors (Lipinski definition) is 4. The molecule has 0 bridgehead atoms. The van der Waals surface area contributed by atoms with Crippen molar-refractivity contribution in [1.82, 2.24) is 14.8 Å². The fourth-order valence-electron chi connectivity index (χ4n) is 5.32. The largest absolute Gasteiger partial charge is 0.480 e. The van der Waals surface area contributed by atoms with E-state index in [4.69, 9.17) is 4.74 Å². The third-order valence-electron chi connectivity index (χ3n) is 7.31. The molecule has 2 unspecified atom stereocenters. The summed E-state index contributed by atoms with van der Waals surface area (Å²) in [7, 11) is 1.88. The van der Waals surface area contributed by atoms with Crippen LogP contribution in [0.15, 0.2) is 79.0 Å². The maximum absolute atomic E-state index is 13.3. The Bertz CT molecular complexity index is 1140. The lowest BCUT2D eigenvalue weighted by Gasteiger charge is -2.40. The van der Waals surface area contributed by atoms with Gasteiger partial charge in [0.25, 0.3) is 11.8 Å². The zero-order valence-corrected chi connectivity index (χ0v) is 20.0. The van der Waals surface area contributed by atoms with E-state index in [1.165, 1.54) is 5.56 Å². The number of ether oxygens (including phenoxy) is 1. The van der Waals surface area contributed by atoms with Crippen molar-refractivity contribution < 1.29 is 14.3 Å². The molecular weight excluding hydrogens is 438 g/mol. The Hall–Kier alpha value is -3.67. The number of rotatable bonds is 6. The number of hydrogen-bond donors (Lipinski definition) is 0. The predicted molar refractivity (Wildman–Crippen MR) is 134 cm³/mol. The number of likely N-dealkylation sites (tertiary alicyclic amines) is 1. The van der Waals surface area contributed by atoms with E-state index >= 15 is 0 Å². The fraction of sp³-hybridized carbons (Fsp3) is 0.345. The molecule has 35 heavy (non-hydrogen) atoms. The standard InChI is InChI=1S/C29H31N3O3/c1-31(28(33)24-12-7-8-16-30-24)25(19-21-9-3-2-4-10-21)22-14-17-32(18-15-22)29(34)27-20-23-11-5-6-13-26(23)35-27/h2-13,16,22,25,27H,14-15,17-20H2,1H3. The summed E-state index contributed by atoms with van der Waals surface area (Å²) in [6, 6.07) is 23.6. The number of aromatic nitrogens is 1. The van der Waals surface area contributed by atoms with E-state index in [1.54, 1.807) is 12.3 Å². The van der Waals surface area contributed by atoms with Crippen LogP contribution in [0.1, 0.15) is 34.5 Å². The van der Waals surface area contributed by atoms with Gasteiger partial charge in [-0.25, -0.2) is 0 Å². The summed E-state index contributed by atoms with van der Waals surface area (Å²) < 4.78 is 5.94. The van der Waals surface area contributed by atoms with Crippen LogP contribution < -0.4 is 4.74 Å². The second-order valence-electron chi connectivity index (χ2n) is 9.47. The van der Waals surface area contributed by atoms with Gasteiger partial charge in [-0.2, -0.15) is 0 Å². The highest BCUT2D eigenvalue weighted by Gasteiger charge is 2.37. The van der Waals surface area contributed by atoms with Crippen LogP contribution in [0.5, 0.6) is 5.75 Å². The first-order valence-corrected chi connectivity index (χ1v) is 12.4. The van der Waals surface area contributed by atoms with Crippen LogP contribution in [0.4, 0.5) is 0 Å². The summed E-state index contributed by atoms with van der Waals surface area (Å²) >= 11 is 0. The van der Waals surface area contributed by atoms with Gasteiger partial charge in [0.2, 0.25) is 0 Å². The van der Waals surface area contributed by atoms with Crippen molar-refractivity contribution in [2.45, 2.75) is 37.8 Å². The summed E-state index contributed by atoms with van der Waals surface area (Å²) in [6.45, 7) is 1.35. The average molecular weight is 470 g/mol. The molecule has 6 nitrogen and oxygen atoms in total. The normalized spacial score (nSPS) is 18.4. The SMILES string of the molecule is CN(C(=O)c1ccccn1)C(Cc1ccccc1)C1CCN(C(=O)C2Cc3ccccc3O2)CC1. The van der Waals surface area contributed by atoms with Crippen LogP contribution in [0.2, 0.25) is 0 Å². The van der Waals surface area contributed by atoms with Crippen LogP contribution >= 0.6 is 0 Å². The van der Waals surface area contributed by atoms with Gasteiger partial charge in [0, 0.05) is 38.8 Å². The lowest BCUT2D eigenvalue weighted by molar-refractivity contribution is -0.139. The Morgan fingerprint density at radius 2 is 1.71 bits per heavy atom. The van der Waals surface area contributed by atoms with Crippen molar-refractivity contribution in [2.24, 2.45) is 5.92 Å². The highest BCUT2D eigenvalue weighted by Crippen LogP contribution is 2.31. The number of carbonyl (C=O) groups excluding carboxylic acids is 2. The highest BCUT2D eigenvalue weighted by atomic mass is 16.5. The Kier molecular flexibility index (Phi) is 6.80. The van der Waals surface area contributed by atoms with Crippen LogP contribution in [-0.2, 0) is 17.6 Å². The maximum Gasteiger partial charge on any atom is 0.272 e. The van der Waals surface area contributed by atoms with Crippen molar-refractivity contribution in [3.63, 3.8) is 0 Å². The van der Waals surface area contributed by atoms with Crippen LogP contribution in [0.25, 0.3) is 0 Å². The zero-order chi connectivity index (χ0) is 24.2. The number of carbonyl (C=O) groups is 2. The molecule has 6 heteroatoms. The van der Waals surface area contributed by atoms with E-state index in [0.717, 1.165) is 30.6 Å². The quantitative estimate of drug-likeness (QED) is 0.547. The number of likely N-dealkylation sites (N-methyl/N-ethyl adjacent to an activating group) is 1. The Balaban J connectivity index is 1.27. The number of piperidine rings is 1.